The van der Waals surface area contributed by atoms with Crippen LogP contribution >= 0.6 is 27.5 Å². The summed E-state index contributed by atoms with van der Waals surface area (Å²) in [5.74, 6) is -1.28. The van der Waals surface area contributed by atoms with Gasteiger partial charge in [-0.3, -0.25) is 19.3 Å². The van der Waals surface area contributed by atoms with Gasteiger partial charge in [0.1, 0.15) is 11.6 Å². The van der Waals surface area contributed by atoms with Gasteiger partial charge in [0.15, 0.2) is 6.73 Å². The highest BCUT2D eigenvalue weighted by atomic mass is 79.9. The number of nitrogens with zero attached hydrogens (tertiary/aromatic N) is 1. The minimum absolute atomic E-state index is 0.0750. The first-order valence-electron chi connectivity index (χ1n) is 11.1. The van der Waals surface area contributed by atoms with Crippen molar-refractivity contribution in [3.63, 3.8) is 0 Å². The molecule has 3 aromatic carbocycles. The van der Waals surface area contributed by atoms with Crippen molar-refractivity contribution in [2.24, 2.45) is 5.92 Å². The Morgan fingerprint density at radius 1 is 1.14 bits per heavy atom. The zero-order chi connectivity index (χ0) is 26.0. The third kappa shape index (κ3) is 5.52. The van der Waals surface area contributed by atoms with E-state index in [1.165, 1.54) is 23.1 Å². The van der Waals surface area contributed by atoms with Gasteiger partial charge in [-0.2, -0.15) is 0 Å². The van der Waals surface area contributed by atoms with Gasteiger partial charge in [-0.25, -0.2) is 4.39 Å². The molecule has 10 heteroatoms. The third-order valence-corrected chi connectivity index (χ3v) is 6.52. The predicted octanol–water partition coefficient (Wildman–Crippen LogP) is 5.76. The number of anilines is 2. The topological polar surface area (TPSA) is 87.7 Å². The van der Waals surface area contributed by atoms with E-state index in [1.54, 1.807) is 50.2 Å². The summed E-state index contributed by atoms with van der Waals surface area (Å²) in [6, 6.07) is 14.0. The summed E-state index contributed by atoms with van der Waals surface area (Å²) in [7, 11) is 0. The molecule has 0 bridgehead atoms. The summed E-state index contributed by atoms with van der Waals surface area (Å²) < 4.78 is 20.0. The maximum Gasteiger partial charge on any atom is 0.264 e. The van der Waals surface area contributed by atoms with E-state index < -0.39 is 17.6 Å². The van der Waals surface area contributed by atoms with Gasteiger partial charge in [-0.1, -0.05) is 31.5 Å². The highest BCUT2D eigenvalue weighted by molar-refractivity contribution is 9.10. The fourth-order valence-electron chi connectivity index (χ4n) is 3.53. The van der Waals surface area contributed by atoms with Crippen LogP contribution in [0.3, 0.4) is 0 Å². The minimum Gasteiger partial charge on any atom is -0.472 e. The van der Waals surface area contributed by atoms with Crippen LogP contribution in [0.15, 0.2) is 59.1 Å². The molecular weight excluding hydrogens is 553 g/mol. The van der Waals surface area contributed by atoms with Gasteiger partial charge in [0.2, 0.25) is 5.91 Å². The first-order valence-corrected chi connectivity index (χ1v) is 12.2. The van der Waals surface area contributed by atoms with Crippen LogP contribution in [0.4, 0.5) is 15.8 Å². The van der Waals surface area contributed by atoms with Gasteiger partial charge in [0, 0.05) is 18.2 Å². The maximum absolute atomic E-state index is 14.0. The summed E-state index contributed by atoms with van der Waals surface area (Å²) >= 11 is 9.36. The number of halogens is 3. The lowest BCUT2D eigenvalue weighted by Crippen LogP contribution is -2.38. The molecule has 2 N–H and O–H groups in total. The number of benzene rings is 3. The fourth-order valence-corrected chi connectivity index (χ4v) is 3.98. The van der Waals surface area contributed by atoms with Crippen LogP contribution in [0, 0.1) is 11.7 Å². The third-order valence-electron chi connectivity index (χ3n) is 5.54. The van der Waals surface area contributed by atoms with E-state index in [4.69, 9.17) is 16.3 Å². The van der Waals surface area contributed by atoms with Crippen LogP contribution < -0.4 is 20.3 Å². The van der Waals surface area contributed by atoms with E-state index in [2.05, 4.69) is 26.6 Å². The number of rotatable bonds is 6. The molecule has 0 saturated heterocycles. The van der Waals surface area contributed by atoms with E-state index in [0.717, 1.165) is 0 Å². The predicted molar refractivity (Wildman–Crippen MR) is 139 cm³/mol. The van der Waals surface area contributed by atoms with Crippen LogP contribution in [0.1, 0.15) is 40.1 Å². The van der Waals surface area contributed by atoms with E-state index in [0.29, 0.717) is 22.7 Å². The van der Waals surface area contributed by atoms with Crippen molar-refractivity contribution in [2.75, 3.05) is 16.9 Å². The second kappa shape index (κ2) is 10.7. The lowest BCUT2D eigenvalue weighted by molar-refractivity contribution is -0.124. The molecule has 4 rings (SSSR count). The second-order valence-electron chi connectivity index (χ2n) is 8.46. The van der Waals surface area contributed by atoms with Crippen molar-refractivity contribution in [1.29, 1.82) is 0 Å². The van der Waals surface area contributed by atoms with Crippen molar-refractivity contribution < 1.29 is 23.5 Å². The molecule has 7 nitrogen and oxygen atoms in total. The number of carbonyl (C=O) groups excluding carboxylic acids is 3. The van der Waals surface area contributed by atoms with Crippen molar-refractivity contribution in [3.05, 3.63) is 86.6 Å². The average molecular weight is 575 g/mol. The smallest absolute Gasteiger partial charge is 0.264 e. The van der Waals surface area contributed by atoms with Gasteiger partial charge in [-0.05, 0) is 70.0 Å². The Balaban J connectivity index is 1.52. The van der Waals surface area contributed by atoms with Gasteiger partial charge in [0.05, 0.1) is 26.3 Å². The summed E-state index contributed by atoms with van der Waals surface area (Å²) in [5.41, 5.74) is 1.85. The van der Waals surface area contributed by atoms with Crippen LogP contribution in [-0.4, -0.2) is 24.5 Å². The molecule has 0 aliphatic carbocycles. The van der Waals surface area contributed by atoms with Crippen LogP contribution in [0.2, 0.25) is 5.02 Å². The SMILES string of the molecule is CC(C)C(=O)NCc1ccc(Cl)c(C(=O)Nc2ccc3c(c2)C(=O)N(c2ccc(Br)c(F)c2)CO3)c1. The van der Waals surface area contributed by atoms with Crippen molar-refractivity contribution in [1.82, 2.24) is 5.32 Å². The first kappa shape index (κ1) is 25.7. The molecule has 3 amide bonds. The highest BCUT2D eigenvalue weighted by Crippen LogP contribution is 2.32. The molecule has 0 spiro atoms. The number of nitrogens with one attached hydrogen (secondary N) is 2. The average Bonchev–Trinajstić information content (AvgIpc) is 2.85. The Kier molecular flexibility index (Phi) is 7.61. The molecule has 1 aliphatic heterocycles. The fraction of sp³-hybridized carbons (Fsp3) is 0.192. The Labute approximate surface area is 220 Å². The number of ether oxygens (including phenoxy) is 1. The number of hydrogen-bond donors (Lipinski definition) is 2. The molecular formula is C26H22BrClFN3O4. The Morgan fingerprint density at radius 3 is 2.64 bits per heavy atom. The van der Waals surface area contributed by atoms with Gasteiger partial charge < -0.3 is 15.4 Å². The molecule has 0 saturated carbocycles. The summed E-state index contributed by atoms with van der Waals surface area (Å²) in [5, 5.41) is 5.79. The van der Waals surface area contributed by atoms with Gasteiger partial charge in [0.25, 0.3) is 11.8 Å². The normalized spacial score (nSPS) is 12.7. The summed E-state index contributed by atoms with van der Waals surface area (Å²) in [6.07, 6.45) is 0. The molecule has 36 heavy (non-hydrogen) atoms. The van der Waals surface area contributed by atoms with E-state index >= 15 is 0 Å². The highest BCUT2D eigenvalue weighted by Gasteiger charge is 2.28. The number of hydrogen-bond acceptors (Lipinski definition) is 4. The zero-order valence-electron chi connectivity index (χ0n) is 19.4. The molecule has 1 heterocycles. The van der Waals surface area contributed by atoms with Crippen molar-refractivity contribution >= 4 is 56.6 Å². The molecule has 0 atom stereocenters. The van der Waals surface area contributed by atoms with Gasteiger partial charge in [-0.15, -0.1) is 0 Å². The van der Waals surface area contributed by atoms with E-state index in [1.807, 2.05) is 0 Å². The van der Waals surface area contributed by atoms with Crippen LogP contribution in [0.25, 0.3) is 0 Å². The van der Waals surface area contributed by atoms with E-state index in [9.17, 15) is 18.8 Å². The van der Waals surface area contributed by atoms with Crippen molar-refractivity contribution in [2.45, 2.75) is 20.4 Å². The molecule has 1 aliphatic rings. The minimum atomic E-state index is -0.505. The Morgan fingerprint density at radius 2 is 1.92 bits per heavy atom. The summed E-state index contributed by atoms with van der Waals surface area (Å²) in [6.45, 7) is 3.77. The number of fused-ring (bicyclic) bond motifs is 1. The van der Waals surface area contributed by atoms with Crippen LogP contribution in [-0.2, 0) is 11.3 Å². The Hall–Kier alpha value is -3.43. The molecule has 0 unspecified atom stereocenters. The molecule has 186 valence electrons. The zero-order valence-corrected chi connectivity index (χ0v) is 21.7. The second-order valence-corrected chi connectivity index (χ2v) is 9.72. The first-order chi connectivity index (χ1) is 17.1. The standard InChI is InChI=1S/C26H22BrClFN3O4/c1-14(2)24(33)30-12-15-3-7-21(28)18(9-15)25(34)31-16-4-8-23-19(10-16)26(35)32(13-36-23)17-5-6-20(27)22(29)11-17/h3-11,14H,12-13H2,1-2H3,(H,30,33)(H,31,34). The van der Waals surface area contributed by atoms with Gasteiger partial charge >= 0.3 is 0 Å². The largest absolute Gasteiger partial charge is 0.472 e. The number of carbonyl (C=O) groups is 3. The summed E-state index contributed by atoms with van der Waals surface area (Å²) in [4.78, 5) is 39.3. The van der Waals surface area contributed by atoms with E-state index in [-0.39, 0.29) is 45.7 Å². The molecule has 3 aromatic rings. The van der Waals surface area contributed by atoms with Crippen molar-refractivity contribution in [3.8, 4) is 5.75 Å². The molecule has 0 radical (unpaired) electrons. The maximum atomic E-state index is 14.0. The lowest BCUT2D eigenvalue weighted by Gasteiger charge is -2.29. The number of amides is 3. The van der Waals surface area contributed by atoms with Crippen LogP contribution in [0.5, 0.6) is 5.75 Å². The molecule has 0 aromatic heterocycles. The quantitative estimate of drug-likeness (QED) is 0.392. The molecule has 0 fully saturated rings. The Bertz CT molecular complexity index is 1370. The lowest BCUT2D eigenvalue weighted by atomic mass is 10.1. The monoisotopic (exact) mass is 573 g/mol.